The first-order valence-electron chi connectivity index (χ1n) is 10.5. The number of likely N-dealkylation sites (tertiary alicyclic amines) is 1. The van der Waals surface area contributed by atoms with Gasteiger partial charge in [-0.2, -0.15) is 18.4 Å². The Hall–Kier alpha value is -3.94. The Labute approximate surface area is 199 Å². The van der Waals surface area contributed by atoms with E-state index < -0.39 is 35.5 Å². The van der Waals surface area contributed by atoms with Gasteiger partial charge in [0.1, 0.15) is 12.4 Å². The largest absolute Gasteiger partial charge is 0.416 e. The third kappa shape index (κ3) is 5.59. The van der Waals surface area contributed by atoms with Crippen LogP contribution >= 0.6 is 0 Å². The van der Waals surface area contributed by atoms with Crippen LogP contribution in [0.4, 0.5) is 23.2 Å². The molecule has 0 saturated carbocycles. The second-order valence-electron chi connectivity index (χ2n) is 8.56. The molecule has 0 spiro atoms. The quantitative estimate of drug-likeness (QED) is 0.440. The molecule has 0 unspecified atom stereocenters. The van der Waals surface area contributed by atoms with Crippen LogP contribution in [-0.2, 0) is 27.1 Å². The van der Waals surface area contributed by atoms with Crippen LogP contribution in [0.5, 0.6) is 0 Å². The summed E-state index contributed by atoms with van der Waals surface area (Å²) < 4.78 is 53.2. The summed E-state index contributed by atoms with van der Waals surface area (Å²) in [4.78, 5) is 40.5. The Bertz CT molecular complexity index is 1170. The molecule has 7 nitrogen and oxygen atoms in total. The van der Waals surface area contributed by atoms with E-state index in [-0.39, 0.29) is 43.2 Å². The number of hydrogen-bond donors (Lipinski definition) is 0. The van der Waals surface area contributed by atoms with E-state index in [0.29, 0.717) is 5.56 Å². The molecule has 35 heavy (non-hydrogen) atoms. The molecule has 0 bridgehead atoms. The first-order valence-corrected chi connectivity index (χ1v) is 10.5. The molecule has 3 rings (SSSR count). The van der Waals surface area contributed by atoms with Crippen molar-refractivity contribution < 1.29 is 31.9 Å². The third-order valence-electron chi connectivity index (χ3n) is 5.90. The molecule has 1 aliphatic heterocycles. The summed E-state index contributed by atoms with van der Waals surface area (Å²) in [5.41, 5.74) is -1.43. The Balaban J connectivity index is 1.87. The van der Waals surface area contributed by atoms with Crippen molar-refractivity contribution in [2.45, 2.75) is 32.1 Å². The number of amides is 3. The molecule has 2 aromatic rings. The Morgan fingerprint density at radius 3 is 2.29 bits per heavy atom. The standard InChI is InChI=1S/C24H22F4N4O3/c1-16(34)31-13-23(2,14-31)32(11-17-3-6-19(7-4-17)24(26,27)28)22(35)12-30(15-33)21-8-5-18(10-29)9-20(21)25/h3-9,15H,11-14H2,1-2H3. The molecule has 0 aromatic heterocycles. The van der Waals surface area contributed by atoms with Crippen molar-refractivity contribution in [3.05, 3.63) is 65.0 Å². The van der Waals surface area contributed by atoms with Gasteiger partial charge < -0.3 is 14.7 Å². The minimum atomic E-state index is -4.51. The highest BCUT2D eigenvalue weighted by atomic mass is 19.4. The minimum Gasteiger partial charge on any atom is -0.338 e. The number of halogens is 4. The average molecular weight is 490 g/mol. The van der Waals surface area contributed by atoms with E-state index in [9.17, 15) is 31.9 Å². The van der Waals surface area contributed by atoms with Gasteiger partial charge in [-0.25, -0.2) is 4.39 Å². The Morgan fingerprint density at radius 2 is 1.80 bits per heavy atom. The zero-order chi connectivity index (χ0) is 26.0. The van der Waals surface area contributed by atoms with Crippen LogP contribution in [-0.4, -0.2) is 53.2 Å². The first-order chi connectivity index (χ1) is 16.4. The number of benzene rings is 2. The van der Waals surface area contributed by atoms with Crippen molar-refractivity contribution >= 4 is 23.9 Å². The fraction of sp³-hybridized carbons (Fsp3) is 0.333. The second kappa shape index (κ2) is 9.74. The van der Waals surface area contributed by atoms with Gasteiger partial charge in [0.05, 0.1) is 28.4 Å². The third-order valence-corrected chi connectivity index (χ3v) is 5.90. The van der Waals surface area contributed by atoms with Gasteiger partial charge in [-0.1, -0.05) is 12.1 Å². The smallest absolute Gasteiger partial charge is 0.338 e. The number of carbonyl (C=O) groups is 3. The van der Waals surface area contributed by atoms with Crippen LogP contribution in [0, 0.1) is 17.1 Å². The lowest BCUT2D eigenvalue weighted by Gasteiger charge is -2.54. The minimum absolute atomic E-state index is 0.0404. The Morgan fingerprint density at radius 1 is 1.17 bits per heavy atom. The molecule has 0 aliphatic carbocycles. The highest BCUT2D eigenvalue weighted by molar-refractivity contribution is 5.89. The lowest BCUT2D eigenvalue weighted by Crippen LogP contribution is -2.70. The monoisotopic (exact) mass is 490 g/mol. The van der Waals surface area contributed by atoms with E-state index in [1.54, 1.807) is 13.0 Å². The van der Waals surface area contributed by atoms with E-state index in [2.05, 4.69) is 0 Å². The number of nitrogens with zero attached hydrogens (tertiary/aromatic N) is 4. The number of nitriles is 1. The first kappa shape index (κ1) is 25.7. The molecule has 0 atom stereocenters. The summed E-state index contributed by atoms with van der Waals surface area (Å²) in [6.45, 7) is 2.86. The van der Waals surface area contributed by atoms with Crippen molar-refractivity contribution in [3.63, 3.8) is 0 Å². The molecule has 1 fully saturated rings. The molecule has 3 amide bonds. The van der Waals surface area contributed by atoms with E-state index >= 15 is 0 Å². The molecule has 184 valence electrons. The van der Waals surface area contributed by atoms with Gasteiger partial charge in [-0.3, -0.25) is 14.4 Å². The zero-order valence-electron chi connectivity index (χ0n) is 19.0. The molecule has 0 N–H and O–H groups in total. The van der Waals surface area contributed by atoms with Crippen molar-refractivity contribution in [3.8, 4) is 6.07 Å². The molecule has 1 heterocycles. The molecule has 2 aromatic carbocycles. The number of rotatable bonds is 7. The van der Waals surface area contributed by atoms with Crippen LogP contribution in [0.1, 0.15) is 30.5 Å². The van der Waals surface area contributed by atoms with Gasteiger partial charge in [0.25, 0.3) is 0 Å². The van der Waals surface area contributed by atoms with E-state index in [1.165, 1.54) is 41.0 Å². The predicted molar refractivity (Wildman–Crippen MR) is 117 cm³/mol. The summed E-state index contributed by atoms with van der Waals surface area (Å²) in [6.07, 6.45) is -4.23. The average Bonchev–Trinajstić information content (AvgIpc) is 2.78. The fourth-order valence-corrected chi connectivity index (χ4v) is 3.95. The van der Waals surface area contributed by atoms with Gasteiger partial charge >= 0.3 is 6.18 Å². The molecule has 1 saturated heterocycles. The highest BCUT2D eigenvalue weighted by Gasteiger charge is 2.47. The summed E-state index contributed by atoms with van der Waals surface area (Å²) in [5.74, 6) is -1.65. The van der Waals surface area contributed by atoms with Gasteiger partial charge in [-0.05, 0) is 42.8 Å². The molecular formula is C24H22F4N4O3. The maximum atomic E-state index is 14.4. The van der Waals surface area contributed by atoms with Crippen LogP contribution in [0.15, 0.2) is 42.5 Å². The summed E-state index contributed by atoms with van der Waals surface area (Å²) in [6, 6.07) is 9.55. The Kier molecular flexibility index (Phi) is 7.14. The van der Waals surface area contributed by atoms with Crippen LogP contribution in [0.3, 0.4) is 0 Å². The second-order valence-corrected chi connectivity index (χ2v) is 8.56. The normalized spacial score (nSPS) is 14.5. The SMILES string of the molecule is CC(=O)N1CC(C)(N(Cc2ccc(C(F)(F)F)cc2)C(=O)CN(C=O)c2ccc(C#N)cc2F)C1. The van der Waals surface area contributed by atoms with Crippen molar-refractivity contribution in [2.75, 3.05) is 24.5 Å². The molecule has 11 heteroatoms. The number of alkyl halides is 3. The zero-order valence-corrected chi connectivity index (χ0v) is 19.0. The van der Waals surface area contributed by atoms with Crippen LogP contribution in [0.25, 0.3) is 0 Å². The maximum Gasteiger partial charge on any atom is 0.416 e. The molecular weight excluding hydrogens is 468 g/mol. The summed E-state index contributed by atoms with van der Waals surface area (Å²) >= 11 is 0. The van der Waals surface area contributed by atoms with Crippen LogP contribution in [0.2, 0.25) is 0 Å². The topological polar surface area (TPSA) is 84.7 Å². The van der Waals surface area contributed by atoms with Gasteiger partial charge in [0.15, 0.2) is 0 Å². The van der Waals surface area contributed by atoms with Crippen molar-refractivity contribution in [1.82, 2.24) is 9.80 Å². The van der Waals surface area contributed by atoms with Crippen molar-refractivity contribution in [1.29, 1.82) is 5.26 Å². The van der Waals surface area contributed by atoms with E-state index in [0.717, 1.165) is 23.1 Å². The lowest BCUT2D eigenvalue weighted by atomic mass is 9.89. The highest BCUT2D eigenvalue weighted by Crippen LogP contribution is 2.32. The maximum absolute atomic E-state index is 14.4. The van der Waals surface area contributed by atoms with E-state index in [1.807, 2.05) is 0 Å². The van der Waals surface area contributed by atoms with E-state index in [4.69, 9.17) is 5.26 Å². The number of hydrogen-bond acceptors (Lipinski definition) is 4. The van der Waals surface area contributed by atoms with Gasteiger partial charge in [-0.15, -0.1) is 0 Å². The summed E-state index contributed by atoms with van der Waals surface area (Å²) in [5, 5.41) is 8.90. The van der Waals surface area contributed by atoms with Gasteiger partial charge in [0, 0.05) is 26.6 Å². The molecule has 1 aliphatic rings. The summed E-state index contributed by atoms with van der Waals surface area (Å²) in [7, 11) is 0. The fourth-order valence-electron chi connectivity index (χ4n) is 3.95. The van der Waals surface area contributed by atoms with Crippen LogP contribution < -0.4 is 4.90 Å². The number of anilines is 1. The lowest BCUT2D eigenvalue weighted by molar-refractivity contribution is -0.155. The van der Waals surface area contributed by atoms with Gasteiger partial charge in [0.2, 0.25) is 18.2 Å². The molecule has 0 radical (unpaired) electrons. The number of carbonyl (C=O) groups excluding carboxylic acids is 3. The van der Waals surface area contributed by atoms with Crippen molar-refractivity contribution in [2.24, 2.45) is 0 Å². The predicted octanol–water partition coefficient (Wildman–Crippen LogP) is 3.33.